The summed E-state index contributed by atoms with van der Waals surface area (Å²) in [6.07, 6.45) is 10.4. The fraction of sp³-hybridized carbons (Fsp3) is 0.333. The van der Waals surface area contributed by atoms with Crippen LogP contribution >= 0.6 is 0 Å². The Kier molecular flexibility index (Phi) is 5.36. The van der Waals surface area contributed by atoms with Crippen LogP contribution < -0.4 is 9.47 Å². The first kappa shape index (κ1) is 15.7. The van der Waals surface area contributed by atoms with Crippen LogP contribution in [-0.4, -0.2) is 13.2 Å². The molecule has 120 valence electrons. The Labute approximate surface area is 138 Å². The van der Waals surface area contributed by atoms with Gasteiger partial charge in [-0.15, -0.1) is 0 Å². The van der Waals surface area contributed by atoms with Crippen molar-refractivity contribution < 1.29 is 9.47 Å². The average Bonchev–Trinajstić information content (AvgIpc) is 3.09. The summed E-state index contributed by atoms with van der Waals surface area (Å²) in [6, 6.07) is 16.6. The molecule has 0 heterocycles. The van der Waals surface area contributed by atoms with Gasteiger partial charge in [-0.25, -0.2) is 0 Å². The summed E-state index contributed by atoms with van der Waals surface area (Å²) in [5.74, 6) is 1.68. The van der Waals surface area contributed by atoms with Gasteiger partial charge < -0.3 is 9.47 Å². The van der Waals surface area contributed by atoms with Crippen LogP contribution in [0, 0.1) is 0 Å². The van der Waals surface area contributed by atoms with Crippen LogP contribution in [0.25, 0.3) is 6.08 Å². The molecule has 1 aliphatic carbocycles. The van der Waals surface area contributed by atoms with Crippen LogP contribution in [0.4, 0.5) is 0 Å². The monoisotopic (exact) mass is 308 g/mol. The second-order valence-corrected chi connectivity index (χ2v) is 6.03. The Morgan fingerprint density at radius 3 is 2.52 bits per heavy atom. The minimum atomic E-state index is 0.340. The molecule has 0 aromatic heterocycles. The molecular weight excluding hydrogens is 284 g/mol. The topological polar surface area (TPSA) is 18.5 Å². The van der Waals surface area contributed by atoms with Gasteiger partial charge in [0.25, 0.3) is 0 Å². The molecule has 0 radical (unpaired) electrons. The summed E-state index contributed by atoms with van der Waals surface area (Å²) in [4.78, 5) is 0. The van der Waals surface area contributed by atoms with Gasteiger partial charge in [-0.3, -0.25) is 0 Å². The molecule has 23 heavy (non-hydrogen) atoms. The zero-order valence-corrected chi connectivity index (χ0v) is 13.7. The minimum Gasteiger partial charge on any atom is -0.493 e. The molecule has 2 nitrogen and oxygen atoms in total. The Hall–Kier alpha value is -2.22. The highest BCUT2D eigenvalue weighted by Gasteiger charge is 2.18. The fourth-order valence-corrected chi connectivity index (χ4v) is 3.02. The zero-order valence-electron chi connectivity index (χ0n) is 13.7. The molecule has 0 spiro atoms. The van der Waals surface area contributed by atoms with Crippen LogP contribution in [0.3, 0.4) is 0 Å². The van der Waals surface area contributed by atoms with Crippen LogP contribution in [0.15, 0.2) is 54.6 Å². The van der Waals surface area contributed by atoms with Crippen molar-refractivity contribution in [3.05, 3.63) is 65.7 Å². The highest BCUT2D eigenvalue weighted by Crippen LogP contribution is 2.32. The van der Waals surface area contributed by atoms with Gasteiger partial charge in [-0.1, -0.05) is 48.6 Å². The molecular formula is C21H24O2. The van der Waals surface area contributed by atoms with Crippen molar-refractivity contribution in [2.24, 2.45) is 0 Å². The standard InChI is InChI=1S/C21H24O2/c1-22-20-15-14-18(11-7-10-17-8-3-2-4-9-17)16-21(20)23-19-12-5-6-13-19/h2-4,7-9,11,14-16,19H,5-6,10,12-13H2,1H3. The zero-order chi connectivity index (χ0) is 15.9. The molecule has 0 bridgehead atoms. The van der Waals surface area contributed by atoms with Gasteiger partial charge in [0.1, 0.15) is 0 Å². The molecule has 3 rings (SSSR count). The molecule has 0 atom stereocenters. The Morgan fingerprint density at radius 1 is 1.00 bits per heavy atom. The third-order valence-corrected chi connectivity index (χ3v) is 4.29. The lowest BCUT2D eigenvalue weighted by Crippen LogP contribution is -2.11. The highest BCUT2D eigenvalue weighted by atomic mass is 16.5. The van der Waals surface area contributed by atoms with E-state index in [1.807, 2.05) is 12.1 Å². The normalized spacial score (nSPS) is 15.2. The lowest BCUT2D eigenvalue weighted by molar-refractivity contribution is 0.201. The molecule has 2 heteroatoms. The number of methoxy groups -OCH3 is 1. The van der Waals surface area contributed by atoms with E-state index in [4.69, 9.17) is 9.47 Å². The number of hydrogen-bond acceptors (Lipinski definition) is 2. The maximum Gasteiger partial charge on any atom is 0.162 e. The van der Waals surface area contributed by atoms with Crippen LogP contribution in [0.5, 0.6) is 11.5 Å². The number of benzene rings is 2. The number of allylic oxidation sites excluding steroid dienone is 1. The van der Waals surface area contributed by atoms with Gasteiger partial charge in [-0.2, -0.15) is 0 Å². The van der Waals surface area contributed by atoms with Gasteiger partial charge in [0, 0.05) is 0 Å². The fourth-order valence-electron chi connectivity index (χ4n) is 3.02. The molecule has 1 aliphatic rings. The molecule has 1 fully saturated rings. The van der Waals surface area contributed by atoms with E-state index in [2.05, 4.69) is 48.6 Å². The molecule has 0 amide bonds. The average molecular weight is 308 g/mol. The third kappa shape index (κ3) is 4.38. The highest BCUT2D eigenvalue weighted by molar-refractivity contribution is 5.56. The van der Waals surface area contributed by atoms with Gasteiger partial charge in [0.2, 0.25) is 0 Å². The van der Waals surface area contributed by atoms with Gasteiger partial charge in [0.15, 0.2) is 11.5 Å². The van der Waals surface area contributed by atoms with Gasteiger partial charge >= 0.3 is 0 Å². The first-order chi connectivity index (χ1) is 11.3. The van der Waals surface area contributed by atoms with Crippen molar-refractivity contribution in [1.82, 2.24) is 0 Å². The third-order valence-electron chi connectivity index (χ3n) is 4.29. The van der Waals surface area contributed by atoms with E-state index >= 15 is 0 Å². The van der Waals surface area contributed by atoms with Crippen molar-refractivity contribution in [3.8, 4) is 11.5 Å². The number of rotatable bonds is 6. The van der Waals surface area contributed by atoms with E-state index in [0.29, 0.717) is 6.10 Å². The van der Waals surface area contributed by atoms with E-state index in [9.17, 15) is 0 Å². The van der Waals surface area contributed by atoms with Crippen molar-refractivity contribution in [2.45, 2.75) is 38.2 Å². The second kappa shape index (κ2) is 7.87. The SMILES string of the molecule is COc1ccc(C=CCc2ccccc2)cc1OC1CCCC1. The van der Waals surface area contributed by atoms with Gasteiger partial charge in [-0.05, 0) is 55.4 Å². The summed E-state index contributed by atoms with van der Waals surface area (Å²) >= 11 is 0. The van der Waals surface area contributed by atoms with E-state index in [1.54, 1.807) is 7.11 Å². The summed E-state index contributed by atoms with van der Waals surface area (Å²) in [6.45, 7) is 0. The lowest BCUT2D eigenvalue weighted by Gasteiger charge is -2.16. The van der Waals surface area contributed by atoms with Crippen molar-refractivity contribution in [3.63, 3.8) is 0 Å². The van der Waals surface area contributed by atoms with Crippen LogP contribution in [0.1, 0.15) is 36.8 Å². The van der Waals surface area contributed by atoms with Crippen molar-refractivity contribution in [2.75, 3.05) is 7.11 Å². The molecule has 2 aromatic rings. The van der Waals surface area contributed by atoms with Crippen LogP contribution in [-0.2, 0) is 6.42 Å². The first-order valence-corrected chi connectivity index (χ1v) is 8.40. The van der Waals surface area contributed by atoms with E-state index in [1.165, 1.54) is 18.4 Å². The quantitative estimate of drug-likeness (QED) is 0.723. The maximum atomic E-state index is 6.14. The molecule has 0 unspecified atom stereocenters. The summed E-state index contributed by atoms with van der Waals surface area (Å²) in [5, 5.41) is 0. The Morgan fingerprint density at radius 2 is 1.78 bits per heavy atom. The first-order valence-electron chi connectivity index (χ1n) is 8.40. The Bertz CT molecular complexity index is 640. The van der Waals surface area contributed by atoms with E-state index in [-0.39, 0.29) is 0 Å². The van der Waals surface area contributed by atoms with Crippen molar-refractivity contribution >= 4 is 6.08 Å². The summed E-state index contributed by atoms with van der Waals surface area (Å²) in [7, 11) is 1.70. The van der Waals surface area contributed by atoms with Crippen molar-refractivity contribution in [1.29, 1.82) is 0 Å². The van der Waals surface area contributed by atoms with Gasteiger partial charge in [0.05, 0.1) is 13.2 Å². The number of hydrogen-bond donors (Lipinski definition) is 0. The van der Waals surface area contributed by atoms with Crippen LogP contribution in [0.2, 0.25) is 0 Å². The molecule has 0 N–H and O–H groups in total. The second-order valence-electron chi connectivity index (χ2n) is 6.03. The molecule has 2 aromatic carbocycles. The largest absolute Gasteiger partial charge is 0.493 e. The Balaban J connectivity index is 1.69. The minimum absolute atomic E-state index is 0.340. The summed E-state index contributed by atoms with van der Waals surface area (Å²) in [5.41, 5.74) is 2.47. The lowest BCUT2D eigenvalue weighted by atomic mass is 10.1. The molecule has 1 saturated carbocycles. The number of ether oxygens (including phenoxy) is 2. The van der Waals surface area contributed by atoms with E-state index < -0.39 is 0 Å². The predicted molar refractivity (Wildman–Crippen MR) is 95.1 cm³/mol. The predicted octanol–water partition coefficient (Wildman–Crippen LogP) is 5.27. The van der Waals surface area contributed by atoms with E-state index in [0.717, 1.165) is 36.3 Å². The summed E-state index contributed by atoms with van der Waals surface area (Å²) < 4.78 is 11.6. The molecule has 0 aliphatic heterocycles. The molecule has 0 saturated heterocycles. The smallest absolute Gasteiger partial charge is 0.162 e. The maximum absolute atomic E-state index is 6.14.